The molecule has 2 heterocycles. The van der Waals surface area contributed by atoms with Gasteiger partial charge in [0.2, 0.25) is 0 Å². The molecule has 0 spiro atoms. The Labute approximate surface area is 174 Å². The summed E-state index contributed by atoms with van der Waals surface area (Å²) in [5.41, 5.74) is 3.24. The van der Waals surface area contributed by atoms with Crippen LogP contribution in [0, 0.1) is 6.92 Å². The number of methoxy groups -OCH3 is 1. The zero-order valence-corrected chi connectivity index (χ0v) is 17.0. The molecule has 1 aromatic heterocycles. The van der Waals surface area contributed by atoms with E-state index in [0.29, 0.717) is 30.4 Å². The summed E-state index contributed by atoms with van der Waals surface area (Å²) in [6.07, 6.45) is 2.78. The van der Waals surface area contributed by atoms with Crippen LogP contribution in [0.25, 0.3) is 10.9 Å². The largest absolute Gasteiger partial charge is 0.493 e. The summed E-state index contributed by atoms with van der Waals surface area (Å²) in [5.74, 6) is 0.0890. The van der Waals surface area contributed by atoms with Crippen molar-refractivity contribution in [1.29, 1.82) is 0 Å². The van der Waals surface area contributed by atoms with E-state index < -0.39 is 0 Å². The molecule has 1 fully saturated rings. The highest BCUT2D eigenvalue weighted by Gasteiger charge is 2.32. The van der Waals surface area contributed by atoms with Crippen LogP contribution in [0.5, 0.6) is 11.5 Å². The summed E-state index contributed by atoms with van der Waals surface area (Å²) >= 11 is 0. The van der Waals surface area contributed by atoms with Gasteiger partial charge in [0.1, 0.15) is 11.5 Å². The van der Waals surface area contributed by atoms with Crippen LogP contribution < -0.4 is 9.47 Å². The van der Waals surface area contributed by atoms with Crippen molar-refractivity contribution in [2.24, 2.45) is 0 Å². The minimum absolute atomic E-state index is 0.317. The molecule has 0 amide bonds. The molecule has 1 aliphatic heterocycles. The Morgan fingerprint density at radius 3 is 2.67 bits per heavy atom. The highest BCUT2D eigenvalue weighted by atomic mass is 16.5. The van der Waals surface area contributed by atoms with Crippen molar-refractivity contribution in [3.8, 4) is 11.5 Å². The number of hydrogen-bond acceptors (Lipinski definition) is 5. The van der Waals surface area contributed by atoms with Gasteiger partial charge >= 0.3 is 11.9 Å². The van der Waals surface area contributed by atoms with Crippen molar-refractivity contribution in [1.82, 2.24) is 4.57 Å². The number of aromatic nitrogens is 1. The van der Waals surface area contributed by atoms with Crippen LogP contribution in [-0.4, -0.2) is 30.2 Å². The van der Waals surface area contributed by atoms with E-state index in [1.807, 2.05) is 37.3 Å². The minimum Gasteiger partial charge on any atom is -0.493 e. The lowest BCUT2D eigenvalue weighted by atomic mass is 9.93. The van der Waals surface area contributed by atoms with Crippen LogP contribution in [0.3, 0.4) is 0 Å². The monoisotopic (exact) mass is 405 g/mol. The topological polar surface area (TPSA) is 66.8 Å². The predicted molar refractivity (Wildman–Crippen MR) is 111 cm³/mol. The highest BCUT2D eigenvalue weighted by molar-refractivity contribution is 6.06. The molecule has 0 radical (unpaired) electrons. The van der Waals surface area contributed by atoms with Crippen molar-refractivity contribution >= 4 is 22.8 Å². The fourth-order valence-corrected chi connectivity index (χ4v) is 4.42. The number of carbonyl (C=O) groups excluding carboxylic acids is 2. The van der Waals surface area contributed by atoms with Crippen LogP contribution in [0.1, 0.15) is 52.8 Å². The first kappa shape index (κ1) is 18.7. The van der Waals surface area contributed by atoms with Gasteiger partial charge in [-0.2, -0.15) is 0 Å². The van der Waals surface area contributed by atoms with Gasteiger partial charge in [0.15, 0.2) is 0 Å². The van der Waals surface area contributed by atoms with E-state index in [9.17, 15) is 9.59 Å². The van der Waals surface area contributed by atoms with E-state index >= 15 is 0 Å². The second kappa shape index (κ2) is 7.20. The second-order valence-corrected chi connectivity index (χ2v) is 7.88. The maximum absolute atomic E-state index is 13.0. The van der Waals surface area contributed by atoms with Crippen LogP contribution >= 0.6 is 0 Å². The molecular formula is C24H23NO5. The predicted octanol–water partition coefficient (Wildman–Crippen LogP) is 4.54. The molecule has 6 nitrogen and oxygen atoms in total. The SMILES string of the molecule is COC(=O)c1c(C)n(C2CC2)c2ccc(OC(=O)C3CCOc4ccccc43)cc12. The third-order valence-corrected chi connectivity index (χ3v) is 5.98. The Balaban J connectivity index is 1.50. The van der Waals surface area contributed by atoms with Gasteiger partial charge in [-0.25, -0.2) is 4.79 Å². The lowest BCUT2D eigenvalue weighted by Crippen LogP contribution is -2.24. The molecule has 154 valence electrons. The van der Waals surface area contributed by atoms with Crippen LogP contribution in [0.2, 0.25) is 0 Å². The zero-order valence-electron chi connectivity index (χ0n) is 17.0. The number of esters is 2. The third kappa shape index (κ3) is 3.03. The molecule has 0 saturated heterocycles. The molecule has 3 aromatic rings. The van der Waals surface area contributed by atoms with E-state index in [2.05, 4.69) is 4.57 Å². The first-order chi connectivity index (χ1) is 14.6. The molecule has 1 aliphatic carbocycles. The first-order valence-corrected chi connectivity index (χ1v) is 10.2. The molecule has 30 heavy (non-hydrogen) atoms. The number of carbonyl (C=O) groups is 2. The fraction of sp³-hybridized carbons (Fsp3) is 0.333. The average Bonchev–Trinajstić information content (AvgIpc) is 3.55. The molecular weight excluding hydrogens is 382 g/mol. The Bertz CT molecular complexity index is 1160. The quantitative estimate of drug-likeness (QED) is 0.471. The lowest BCUT2D eigenvalue weighted by molar-refractivity contribution is -0.136. The van der Waals surface area contributed by atoms with Gasteiger partial charge < -0.3 is 18.8 Å². The van der Waals surface area contributed by atoms with Gasteiger partial charge in [-0.15, -0.1) is 0 Å². The van der Waals surface area contributed by atoms with Crippen molar-refractivity contribution < 1.29 is 23.8 Å². The third-order valence-electron chi connectivity index (χ3n) is 5.98. The van der Waals surface area contributed by atoms with Gasteiger partial charge in [0, 0.05) is 28.2 Å². The standard InChI is InChI=1S/C24H23NO5/c1-14-22(24(27)28-2)19-13-16(9-10-20(19)25(14)15-7-8-15)30-23(26)18-11-12-29-21-6-4-3-5-17(18)21/h3-6,9-10,13,15,18H,7-8,11-12H2,1-2H3. The summed E-state index contributed by atoms with van der Waals surface area (Å²) in [6, 6.07) is 13.5. The summed E-state index contributed by atoms with van der Waals surface area (Å²) in [7, 11) is 1.38. The van der Waals surface area contributed by atoms with Gasteiger partial charge in [-0.05, 0) is 50.5 Å². The number of ether oxygens (including phenoxy) is 3. The highest BCUT2D eigenvalue weighted by Crippen LogP contribution is 2.42. The summed E-state index contributed by atoms with van der Waals surface area (Å²) in [4.78, 5) is 25.4. The van der Waals surface area contributed by atoms with Gasteiger partial charge in [0.25, 0.3) is 0 Å². The minimum atomic E-state index is -0.376. The normalized spacial score (nSPS) is 17.9. The van der Waals surface area contributed by atoms with Crippen molar-refractivity contribution in [2.45, 2.75) is 38.1 Å². The van der Waals surface area contributed by atoms with Gasteiger partial charge in [-0.1, -0.05) is 18.2 Å². The Kier molecular flexibility index (Phi) is 4.50. The number of rotatable bonds is 4. The summed E-state index contributed by atoms with van der Waals surface area (Å²) < 4.78 is 18.6. The Morgan fingerprint density at radius 2 is 1.90 bits per heavy atom. The van der Waals surface area contributed by atoms with Gasteiger partial charge in [-0.3, -0.25) is 4.79 Å². The Hall–Kier alpha value is -3.28. The maximum Gasteiger partial charge on any atom is 0.340 e. The molecule has 5 rings (SSSR count). The number of nitrogens with zero attached hydrogens (tertiary/aromatic N) is 1. The molecule has 1 unspecified atom stereocenters. The van der Waals surface area contributed by atoms with Crippen LogP contribution in [0.4, 0.5) is 0 Å². The fourth-order valence-electron chi connectivity index (χ4n) is 4.42. The molecule has 2 aliphatic rings. The molecule has 1 atom stereocenters. The molecule has 0 bridgehead atoms. The molecule has 6 heteroatoms. The van der Waals surface area contributed by atoms with Gasteiger partial charge in [0.05, 0.1) is 25.2 Å². The van der Waals surface area contributed by atoms with E-state index in [1.54, 1.807) is 12.1 Å². The second-order valence-electron chi connectivity index (χ2n) is 7.88. The Morgan fingerprint density at radius 1 is 1.10 bits per heavy atom. The van der Waals surface area contributed by atoms with Crippen molar-refractivity contribution in [3.05, 3.63) is 59.3 Å². The lowest BCUT2D eigenvalue weighted by Gasteiger charge is -2.24. The number of hydrogen-bond donors (Lipinski definition) is 0. The number of para-hydroxylation sites is 1. The molecule has 0 N–H and O–H groups in total. The van der Waals surface area contributed by atoms with E-state index in [-0.39, 0.29) is 17.9 Å². The van der Waals surface area contributed by atoms with E-state index in [1.165, 1.54) is 7.11 Å². The summed E-state index contributed by atoms with van der Waals surface area (Å²) in [6.45, 7) is 2.42. The number of benzene rings is 2. The molecule has 1 saturated carbocycles. The van der Waals surface area contributed by atoms with E-state index in [4.69, 9.17) is 14.2 Å². The zero-order chi connectivity index (χ0) is 20.8. The van der Waals surface area contributed by atoms with E-state index in [0.717, 1.165) is 40.8 Å². The van der Waals surface area contributed by atoms with Crippen molar-refractivity contribution in [2.75, 3.05) is 13.7 Å². The maximum atomic E-state index is 13.0. The molecule has 2 aromatic carbocycles. The van der Waals surface area contributed by atoms with Crippen molar-refractivity contribution in [3.63, 3.8) is 0 Å². The first-order valence-electron chi connectivity index (χ1n) is 10.2. The number of fused-ring (bicyclic) bond motifs is 2. The van der Waals surface area contributed by atoms with Crippen LogP contribution in [0.15, 0.2) is 42.5 Å². The van der Waals surface area contributed by atoms with Crippen LogP contribution in [-0.2, 0) is 9.53 Å². The smallest absolute Gasteiger partial charge is 0.340 e. The average molecular weight is 405 g/mol. The summed E-state index contributed by atoms with van der Waals surface area (Å²) in [5, 5.41) is 0.754.